The second-order valence-electron chi connectivity index (χ2n) is 4.22. The Labute approximate surface area is 111 Å². The van der Waals surface area contributed by atoms with Gasteiger partial charge in [0.2, 0.25) is 5.91 Å². The Morgan fingerprint density at radius 2 is 2.32 bits per heavy atom. The Hall–Kier alpha value is -2.18. The van der Waals surface area contributed by atoms with Gasteiger partial charge in [0.15, 0.2) is 0 Å². The second kappa shape index (κ2) is 5.64. The predicted octanol–water partition coefficient (Wildman–Crippen LogP) is -0.0220. The van der Waals surface area contributed by atoms with Crippen LogP contribution in [-0.4, -0.2) is 48.6 Å². The number of carbonyl (C=O) groups excluding carboxylic acids is 2. The first-order valence-corrected chi connectivity index (χ1v) is 6.05. The topological polar surface area (TPSA) is 84.4 Å². The van der Waals surface area contributed by atoms with Gasteiger partial charge in [-0.1, -0.05) is 0 Å². The highest BCUT2D eigenvalue weighted by Crippen LogP contribution is 2.26. The average Bonchev–Trinajstić information content (AvgIpc) is 2.94. The number of likely N-dealkylation sites (N-methyl/N-ethyl adjacent to an activating group) is 1. The molecule has 0 bridgehead atoms. The second-order valence-corrected chi connectivity index (χ2v) is 4.22. The van der Waals surface area contributed by atoms with E-state index in [0.29, 0.717) is 12.4 Å². The first-order chi connectivity index (χ1) is 9.19. The minimum Gasteiger partial charge on any atom is -0.465 e. The van der Waals surface area contributed by atoms with E-state index in [9.17, 15) is 9.59 Å². The molecule has 2 heterocycles. The van der Waals surface area contributed by atoms with Gasteiger partial charge in [-0.05, 0) is 12.8 Å². The van der Waals surface area contributed by atoms with Crippen LogP contribution in [-0.2, 0) is 9.53 Å². The quantitative estimate of drug-likeness (QED) is 0.772. The third-order valence-corrected chi connectivity index (χ3v) is 3.17. The molecule has 1 N–H and O–H groups in total. The first-order valence-electron chi connectivity index (χ1n) is 6.05. The lowest BCUT2D eigenvalue weighted by Crippen LogP contribution is -2.43. The number of ether oxygens (including phenoxy) is 1. The van der Waals surface area contributed by atoms with Crippen molar-refractivity contribution >= 4 is 17.7 Å². The zero-order valence-corrected chi connectivity index (χ0v) is 10.9. The normalized spacial score (nSPS) is 18.2. The van der Waals surface area contributed by atoms with Crippen LogP contribution in [0.15, 0.2) is 12.5 Å². The Morgan fingerprint density at radius 3 is 3.00 bits per heavy atom. The molecule has 1 aliphatic heterocycles. The van der Waals surface area contributed by atoms with Crippen LogP contribution in [0.3, 0.4) is 0 Å². The number of hydrogen-bond donors (Lipinski definition) is 1. The van der Waals surface area contributed by atoms with Crippen LogP contribution in [0.4, 0.5) is 5.82 Å². The van der Waals surface area contributed by atoms with E-state index in [1.165, 1.54) is 19.6 Å². The summed E-state index contributed by atoms with van der Waals surface area (Å²) in [4.78, 5) is 33.3. The Balaban J connectivity index is 2.35. The maximum Gasteiger partial charge on any atom is 0.343 e. The molecule has 1 unspecified atom stereocenters. The van der Waals surface area contributed by atoms with Gasteiger partial charge in [-0.15, -0.1) is 0 Å². The van der Waals surface area contributed by atoms with E-state index in [1.807, 2.05) is 4.90 Å². The number of nitrogens with zero attached hydrogens (tertiary/aromatic N) is 3. The van der Waals surface area contributed by atoms with Gasteiger partial charge >= 0.3 is 5.97 Å². The summed E-state index contributed by atoms with van der Waals surface area (Å²) in [6.45, 7) is 0.680. The number of esters is 1. The maximum absolute atomic E-state index is 11.8. The minimum atomic E-state index is -0.502. The van der Waals surface area contributed by atoms with E-state index in [0.717, 1.165) is 12.8 Å². The van der Waals surface area contributed by atoms with Gasteiger partial charge in [-0.25, -0.2) is 14.8 Å². The molecule has 1 aromatic rings. The van der Waals surface area contributed by atoms with Crippen molar-refractivity contribution in [3.63, 3.8) is 0 Å². The van der Waals surface area contributed by atoms with Gasteiger partial charge in [0.05, 0.1) is 7.11 Å². The Bertz CT molecular complexity index is 492. The molecular weight excluding hydrogens is 248 g/mol. The van der Waals surface area contributed by atoms with Crippen molar-refractivity contribution in [3.05, 3.63) is 18.1 Å². The molecule has 0 aromatic carbocycles. The van der Waals surface area contributed by atoms with Crippen LogP contribution >= 0.6 is 0 Å². The van der Waals surface area contributed by atoms with Crippen molar-refractivity contribution in [3.8, 4) is 0 Å². The smallest absolute Gasteiger partial charge is 0.343 e. The number of amides is 1. The van der Waals surface area contributed by atoms with E-state index < -0.39 is 5.97 Å². The van der Waals surface area contributed by atoms with Crippen molar-refractivity contribution in [1.82, 2.24) is 15.3 Å². The zero-order valence-electron chi connectivity index (χ0n) is 10.9. The molecule has 2 rings (SSSR count). The van der Waals surface area contributed by atoms with Crippen LogP contribution in [0.2, 0.25) is 0 Å². The molecule has 0 spiro atoms. The van der Waals surface area contributed by atoms with Gasteiger partial charge in [0.1, 0.15) is 23.8 Å². The monoisotopic (exact) mass is 264 g/mol. The SMILES string of the molecule is CNC(=O)C1CCCN1c1ncncc1C(=O)OC. The van der Waals surface area contributed by atoms with Crippen LogP contribution in [0.5, 0.6) is 0 Å². The minimum absolute atomic E-state index is 0.0769. The van der Waals surface area contributed by atoms with Gasteiger partial charge < -0.3 is 15.0 Å². The van der Waals surface area contributed by atoms with Crippen molar-refractivity contribution in [2.75, 3.05) is 25.6 Å². The van der Waals surface area contributed by atoms with E-state index >= 15 is 0 Å². The van der Waals surface area contributed by atoms with E-state index in [2.05, 4.69) is 15.3 Å². The van der Waals surface area contributed by atoms with Crippen LogP contribution < -0.4 is 10.2 Å². The molecule has 7 nitrogen and oxygen atoms in total. The maximum atomic E-state index is 11.8. The molecule has 0 radical (unpaired) electrons. The molecule has 1 aliphatic rings. The van der Waals surface area contributed by atoms with Gasteiger partial charge in [0.25, 0.3) is 0 Å². The molecule has 1 fully saturated rings. The molecular formula is C12H16N4O3. The fourth-order valence-electron chi connectivity index (χ4n) is 2.27. The molecule has 1 saturated heterocycles. The summed E-state index contributed by atoms with van der Waals surface area (Å²) >= 11 is 0. The van der Waals surface area contributed by atoms with Crippen molar-refractivity contribution in [2.24, 2.45) is 0 Å². The zero-order chi connectivity index (χ0) is 13.8. The molecule has 7 heteroatoms. The number of nitrogens with one attached hydrogen (secondary N) is 1. The third kappa shape index (κ3) is 2.49. The van der Waals surface area contributed by atoms with Crippen molar-refractivity contribution in [2.45, 2.75) is 18.9 Å². The first kappa shape index (κ1) is 13.3. The fraction of sp³-hybridized carbons (Fsp3) is 0.500. The highest BCUT2D eigenvalue weighted by Gasteiger charge is 2.33. The van der Waals surface area contributed by atoms with Crippen molar-refractivity contribution in [1.29, 1.82) is 0 Å². The molecule has 19 heavy (non-hydrogen) atoms. The molecule has 1 aromatic heterocycles. The Kier molecular flexibility index (Phi) is 3.94. The lowest BCUT2D eigenvalue weighted by atomic mass is 10.2. The van der Waals surface area contributed by atoms with E-state index in [-0.39, 0.29) is 17.5 Å². The lowest BCUT2D eigenvalue weighted by Gasteiger charge is -2.25. The number of anilines is 1. The number of methoxy groups -OCH3 is 1. The summed E-state index contributed by atoms with van der Waals surface area (Å²) in [5.74, 6) is -0.127. The summed E-state index contributed by atoms with van der Waals surface area (Å²) in [5.41, 5.74) is 0.279. The number of rotatable bonds is 3. The standard InChI is InChI=1S/C12H16N4O3/c1-13-11(17)9-4-3-5-16(9)10-8(12(18)19-2)6-14-7-15-10/h6-7,9H,3-5H2,1-2H3,(H,13,17). The summed E-state index contributed by atoms with van der Waals surface area (Å²) in [6, 6.07) is -0.302. The molecule has 102 valence electrons. The number of hydrogen-bond acceptors (Lipinski definition) is 6. The van der Waals surface area contributed by atoms with Gasteiger partial charge in [-0.2, -0.15) is 0 Å². The average molecular weight is 264 g/mol. The summed E-state index contributed by atoms with van der Waals surface area (Å²) < 4.78 is 4.71. The highest BCUT2D eigenvalue weighted by atomic mass is 16.5. The summed E-state index contributed by atoms with van der Waals surface area (Å²) in [5, 5.41) is 2.63. The number of carbonyl (C=O) groups is 2. The van der Waals surface area contributed by atoms with E-state index in [1.54, 1.807) is 7.05 Å². The summed E-state index contributed by atoms with van der Waals surface area (Å²) in [7, 11) is 2.90. The molecule has 0 aliphatic carbocycles. The van der Waals surface area contributed by atoms with Crippen LogP contribution in [0.1, 0.15) is 23.2 Å². The van der Waals surface area contributed by atoms with Gasteiger partial charge in [-0.3, -0.25) is 4.79 Å². The lowest BCUT2D eigenvalue weighted by molar-refractivity contribution is -0.121. The van der Waals surface area contributed by atoms with Gasteiger partial charge in [0, 0.05) is 19.8 Å². The molecule has 1 amide bonds. The fourth-order valence-corrected chi connectivity index (χ4v) is 2.27. The molecule has 1 atom stereocenters. The molecule has 0 saturated carbocycles. The predicted molar refractivity (Wildman–Crippen MR) is 67.8 cm³/mol. The number of aromatic nitrogens is 2. The summed E-state index contributed by atoms with van der Waals surface area (Å²) in [6.07, 6.45) is 4.39. The largest absolute Gasteiger partial charge is 0.465 e. The Morgan fingerprint density at radius 1 is 1.53 bits per heavy atom. The van der Waals surface area contributed by atoms with Crippen LogP contribution in [0.25, 0.3) is 0 Å². The van der Waals surface area contributed by atoms with Crippen LogP contribution in [0, 0.1) is 0 Å². The third-order valence-electron chi connectivity index (χ3n) is 3.17. The van der Waals surface area contributed by atoms with E-state index in [4.69, 9.17) is 4.74 Å². The highest BCUT2D eigenvalue weighted by molar-refractivity contribution is 5.95. The van der Waals surface area contributed by atoms with Crippen molar-refractivity contribution < 1.29 is 14.3 Å².